The van der Waals surface area contributed by atoms with Crippen LogP contribution in [-0.4, -0.2) is 26.3 Å². The standard InChI is InChI=1S/C17H17NO3/c1-19-15-9-12(10-16(20-2)17(15)21-3)14-8-11-6-4-5-7-13(11)18-14/h4-10,18H,1-3H3. The van der Waals surface area contributed by atoms with Crippen molar-refractivity contribution in [2.75, 3.05) is 21.3 Å². The summed E-state index contributed by atoms with van der Waals surface area (Å²) in [7, 11) is 4.83. The Hall–Kier alpha value is -2.62. The number of aromatic nitrogens is 1. The molecule has 0 spiro atoms. The molecule has 21 heavy (non-hydrogen) atoms. The Kier molecular flexibility index (Phi) is 3.44. The molecule has 4 nitrogen and oxygen atoms in total. The van der Waals surface area contributed by atoms with Gasteiger partial charge in [0, 0.05) is 22.2 Å². The van der Waals surface area contributed by atoms with Gasteiger partial charge in [0.2, 0.25) is 5.75 Å². The van der Waals surface area contributed by atoms with Crippen LogP contribution in [0.2, 0.25) is 0 Å². The molecule has 0 saturated heterocycles. The van der Waals surface area contributed by atoms with Crippen LogP contribution in [0.5, 0.6) is 17.2 Å². The van der Waals surface area contributed by atoms with Crippen LogP contribution in [0.1, 0.15) is 0 Å². The van der Waals surface area contributed by atoms with Crippen LogP contribution in [-0.2, 0) is 0 Å². The Morgan fingerprint density at radius 2 is 1.48 bits per heavy atom. The average Bonchev–Trinajstić information content (AvgIpc) is 2.97. The third kappa shape index (κ3) is 2.29. The van der Waals surface area contributed by atoms with Gasteiger partial charge < -0.3 is 19.2 Å². The fourth-order valence-corrected chi connectivity index (χ4v) is 2.47. The molecule has 0 bridgehead atoms. The molecule has 0 aliphatic rings. The molecule has 1 aromatic heterocycles. The first-order valence-electron chi connectivity index (χ1n) is 6.65. The number of benzene rings is 2. The highest BCUT2D eigenvalue weighted by atomic mass is 16.5. The van der Waals surface area contributed by atoms with Crippen LogP contribution in [0.3, 0.4) is 0 Å². The van der Waals surface area contributed by atoms with Crippen LogP contribution in [0.15, 0.2) is 42.5 Å². The zero-order chi connectivity index (χ0) is 14.8. The fourth-order valence-electron chi connectivity index (χ4n) is 2.47. The molecule has 0 radical (unpaired) electrons. The maximum atomic E-state index is 5.40. The van der Waals surface area contributed by atoms with Crippen molar-refractivity contribution >= 4 is 10.9 Å². The predicted molar refractivity (Wildman–Crippen MR) is 83.4 cm³/mol. The normalized spacial score (nSPS) is 10.6. The van der Waals surface area contributed by atoms with E-state index in [0.29, 0.717) is 17.2 Å². The molecule has 0 aliphatic heterocycles. The summed E-state index contributed by atoms with van der Waals surface area (Å²) >= 11 is 0. The Balaban J connectivity index is 2.17. The predicted octanol–water partition coefficient (Wildman–Crippen LogP) is 3.86. The van der Waals surface area contributed by atoms with Gasteiger partial charge in [-0.1, -0.05) is 18.2 Å². The first kappa shape index (κ1) is 13.4. The van der Waals surface area contributed by atoms with Gasteiger partial charge in [-0.3, -0.25) is 0 Å². The fraction of sp³-hybridized carbons (Fsp3) is 0.176. The second-order valence-corrected chi connectivity index (χ2v) is 4.68. The average molecular weight is 283 g/mol. The van der Waals surface area contributed by atoms with Crippen molar-refractivity contribution in [1.82, 2.24) is 4.98 Å². The van der Waals surface area contributed by atoms with Gasteiger partial charge in [0.25, 0.3) is 0 Å². The Morgan fingerprint density at radius 3 is 2.05 bits per heavy atom. The van der Waals surface area contributed by atoms with Gasteiger partial charge in [-0.25, -0.2) is 0 Å². The minimum Gasteiger partial charge on any atom is -0.493 e. The number of fused-ring (bicyclic) bond motifs is 1. The summed E-state index contributed by atoms with van der Waals surface area (Å²) in [6.07, 6.45) is 0. The number of rotatable bonds is 4. The van der Waals surface area contributed by atoms with Crippen LogP contribution in [0.4, 0.5) is 0 Å². The number of hydrogen-bond donors (Lipinski definition) is 1. The second kappa shape index (κ2) is 5.40. The molecule has 2 aromatic carbocycles. The van der Waals surface area contributed by atoms with Crippen LogP contribution < -0.4 is 14.2 Å². The smallest absolute Gasteiger partial charge is 0.203 e. The lowest BCUT2D eigenvalue weighted by molar-refractivity contribution is 0.324. The second-order valence-electron chi connectivity index (χ2n) is 4.68. The Bertz CT molecular complexity index is 719. The van der Waals surface area contributed by atoms with E-state index < -0.39 is 0 Å². The minimum absolute atomic E-state index is 0.597. The van der Waals surface area contributed by atoms with Gasteiger partial charge in [0.15, 0.2) is 11.5 Å². The highest BCUT2D eigenvalue weighted by molar-refractivity contribution is 5.86. The van der Waals surface area contributed by atoms with E-state index in [4.69, 9.17) is 14.2 Å². The van der Waals surface area contributed by atoms with Crippen LogP contribution in [0.25, 0.3) is 22.2 Å². The molecule has 108 valence electrons. The quantitative estimate of drug-likeness (QED) is 0.790. The van der Waals surface area contributed by atoms with E-state index >= 15 is 0 Å². The molecule has 0 aliphatic carbocycles. The maximum Gasteiger partial charge on any atom is 0.203 e. The van der Waals surface area contributed by atoms with E-state index in [1.807, 2.05) is 24.3 Å². The van der Waals surface area contributed by atoms with Crippen molar-refractivity contribution in [1.29, 1.82) is 0 Å². The molecule has 4 heteroatoms. The molecule has 0 fully saturated rings. The summed E-state index contributed by atoms with van der Waals surface area (Å²) in [6.45, 7) is 0. The van der Waals surface area contributed by atoms with Gasteiger partial charge in [-0.15, -0.1) is 0 Å². The largest absolute Gasteiger partial charge is 0.493 e. The SMILES string of the molecule is COc1cc(-c2cc3ccccc3[nH]2)cc(OC)c1OC. The summed E-state index contributed by atoms with van der Waals surface area (Å²) < 4.78 is 16.1. The minimum atomic E-state index is 0.597. The number of aromatic amines is 1. The van der Waals surface area contributed by atoms with E-state index in [1.54, 1.807) is 21.3 Å². The van der Waals surface area contributed by atoms with Crippen molar-refractivity contribution in [3.05, 3.63) is 42.5 Å². The van der Waals surface area contributed by atoms with Gasteiger partial charge >= 0.3 is 0 Å². The number of methoxy groups -OCH3 is 3. The zero-order valence-corrected chi connectivity index (χ0v) is 12.3. The van der Waals surface area contributed by atoms with Crippen LogP contribution in [0, 0.1) is 0 Å². The molecular weight excluding hydrogens is 266 g/mol. The summed E-state index contributed by atoms with van der Waals surface area (Å²) in [4.78, 5) is 3.40. The number of hydrogen-bond acceptors (Lipinski definition) is 3. The van der Waals surface area contributed by atoms with E-state index in [9.17, 15) is 0 Å². The third-order valence-electron chi connectivity index (χ3n) is 3.51. The molecule has 1 heterocycles. The maximum absolute atomic E-state index is 5.40. The van der Waals surface area contributed by atoms with E-state index in [-0.39, 0.29) is 0 Å². The first-order valence-corrected chi connectivity index (χ1v) is 6.65. The number of H-pyrrole nitrogens is 1. The molecule has 0 saturated carbocycles. The monoisotopic (exact) mass is 283 g/mol. The van der Waals surface area contributed by atoms with E-state index in [1.165, 1.54) is 5.39 Å². The molecule has 1 N–H and O–H groups in total. The van der Waals surface area contributed by atoms with Gasteiger partial charge in [0.05, 0.1) is 21.3 Å². The molecule has 3 rings (SSSR count). The van der Waals surface area contributed by atoms with Crippen LogP contribution >= 0.6 is 0 Å². The third-order valence-corrected chi connectivity index (χ3v) is 3.51. The first-order chi connectivity index (χ1) is 10.3. The van der Waals surface area contributed by atoms with Gasteiger partial charge in [0.1, 0.15) is 0 Å². The molecule has 0 atom stereocenters. The summed E-state index contributed by atoms with van der Waals surface area (Å²) in [5.41, 5.74) is 3.09. The highest BCUT2D eigenvalue weighted by Crippen LogP contribution is 2.41. The van der Waals surface area contributed by atoms with Crippen molar-refractivity contribution in [3.8, 4) is 28.5 Å². The topological polar surface area (TPSA) is 43.5 Å². The van der Waals surface area contributed by atoms with Gasteiger partial charge in [-0.05, 0) is 24.3 Å². The van der Waals surface area contributed by atoms with E-state index in [2.05, 4.69) is 23.2 Å². The summed E-state index contributed by atoms with van der Waals surface area (Å²) in [5.74, 6) is 1.89. The van der Waals surface area contributed by atoms with Gasteiger partial charge in [-0.2, -0.15) is 0 Å². The van der Waals surface area contributed by atoms with Crippen molar-refractivity contribution in [2.24, 2.45) is 0 Å². The highest BCUT2D eigenvalue weighted by Gasteiger charge is 2.15. The summed E-state index contributed by atoms with van der Waals surface area (Å²) in [6, 6.07) is 14.1. The van der Waals surface area contributed by atoms with Crippen molar-refractivity contribution < 1.29 is 14.2 Å². The number of ether oxygens (including phenoxy) is 3. The Morgan fingerprint density at radius 1 is 0.810 bits per heavy atom. The Labute approximate surface area is 123 Å². The lowest BCUT2D eigenvalue weighted by atomic mass is 10.1. The molecular formula is C17H17NO3. The van der Waals surface area contributed by atoms with E-state index in [0.717, 1.165) is 16.8 Å². The molecule has 0 amide bonds. The number of nitrogens with one attached hydrogen (secondary N) is 1. The zero-order valence-electron chi connectivity index (χ0n) is 12.3. The molecule has 0 unspecified atom stereocenters. The van der Waals surface area contributed by atoms with Crippen molar-refractivity contribution in [2.45, 2.75) is 0 Å². The van der Waals surface area contributed by atoms with Crippen molar-refractivity contribution in [3.63, 3.8) is 0 Å². The lowest BCUT2D eigenvalue weighted by Crippen LogP contribution is -1.95. The lowest BCUT2D eigenvalue weighted by Gasteiger charge is -2.13. The molecule has 3 aromatic rings. The number of para-hydroxylation sites is 1. The summed E-state index contributed by atoms with van der Waals surface area (Å²) in [5, 5.41) is 1.17.